The molecule has 2 aliphatic rings. The summed E-state index contributed by atoms with van der Waals surface area (Å²) in [4.78, 5) is 25.0. The molecule has 3 rings (SSSR count). The second-order valence-electron chi connectivity index (χ2n) is 5.87. The quantitative estimate of drug-likeness (QED) is 0.804. The zero-order valence-electron chi connectivity index (χ0n) is 12.1. The predicted octanol–water partition coefficient (Wildman–Crippen LogP) is 2.79. The Bertz CT molecular complexity index is 538. The van der Waals surface area contributed by atoms with E-state index in [0.29, 0.717) is 24.6 Å². The van der Waals surface area contributed by atoms with Crippen molar-refractivity contribution in [1.82, 2.24) is 4.90 Å². The number of rotatable bonds is 3. The smallest absolute Gasteiger partial charge is 0.223 e. The van der Waals surface area contributed by atoms with E-state index >= 15 is 0 Å². The summed E-state index contributed by atoms with van der Waals surface area (Å²) in [7, 11) is 0. The second-order valence-corrected chi connectivity index (χ2v) is 5.87. The molecule has 112 valence electrons. The summed E-state index contributed by atoms with van der Waals surface area (Å²) in [6, 6.07) is 5.49. The van der Waals surface area contributed by atoms with Crippen LogP contribution in [0.4, 0.5) is 5.69 Å². The maximum absolute atomic E-state index is 12.4. The predicted molar refractivity (Wildman–Crippen MR) is 79.2 cm³/mol. The van der Waals surface area contributed by atoms with Gasteiger partial charge in [0, 0.05) is 32.7 Å². The van der Waals surface area contributed by atoms with Gasteiger partial charge in [0.25, 0.3) is 0 Å². The topological polar surface area (TPSA) is 59.0 Å². The highest BCUT2D eigenvalue weighted by Crippen LogP contribution is 2.26. The van der Waals surface area contributed by atoms with Crippen LogP contribution in [0.25, 0.3) is 0 Å². The van der Waals surface area contributed by atoms with Gasteiger partial charge in [0.15, 0.2) is 0 Å². The van der Waals surface area contributed by atoms with Crippen molar-refractivity contribution in [2.24, 2.45) is 11.1 Å². The number of carbonyl (C=O) groups is 1. The third-order valence-electron chi connectivity index (χ3n) is 4.46. The fourth-order valence-electron chi connectivity index (χ4n) is 3.14. The Labute approximate surface area is 124 Å². The average molecular weight is 288 g/mol. The summed E-state index contributed by atoms with van der Waals surface area (Å²) in [5, 5.41) is 2.97. The number of ether oxygens (including phenoxy) is 1. The first kappa shape index (κ1) is 14.2. The van der Waals surface area contributed by atoms with Gasteiger partial charge in [-0.2, -0.15) is 0 Å². The van der Waals surface area contributed by atoms with E-state index in [4.69, 9.17) is 4.74 Å². The summed E-state index contributed by atoms with van der Waals surface area (Å²) in [5.74, 6) is 0.674. The molecule has 0 atom stereocenters. The molecular formula is C16H20N2O3. The number of nitrogens with zero attached hydrogens (tertiary/aromatic N) is 2. The molecule has 5 nitrogen and oxygen atoms in total. The van der Waals surface area contributed by atoms with Gasteiger partial charge in [0.05, 0.1) is 0 Å². The molecule has 0 unspecified atom stereocenters. The summed E-state index contributed by atoms with van der Waals surface area (Å²) < 4.78 is 5.33. The van der Waals surface area contributed by atoms with Crippen LogP contribution in [-0.2, 0) is 22.5 Å². The molecule has 0 radical (unpaired) electrons. The van der Waals surface area contributed by atoms with Gasteiger partial charge in [0.2, 0.25) is 5.91 Å². The Morgan fingerprint density at radius 1 is 1.29 bits per heavy atom. The number of amides is 1. The first-order valence-corrected chi connectivity index (χ1v) is 7.57. The number of benzene rings is 1. The van der Waals surface area contributed by atoms with Gasteiger partial charge in [-0.1, -0.05) is 6.07 Å². The van der Waals surface area contributed by atoms with Gasteiger partial charge in [-0.15, -0.1) is 4.91 Å². The van der Waals surface area contributed by atoms with Crippen molar-refractivity contribution in [2.75, 3.05) is 19.8 Å². The fraction of sp³-hybridized carbons (Fsp3) is 0.562. The first-order valence-electron chi connectivity index (χ1n) is 7.57. The second kappa shape index (κ2) is 6.35. The molecule has 1 amide bonds. The third kappa shape index (κ3) is 3.29. The van der Waals surface area contributed by atoms with Crippen LogP contribution in [0, 0.1) is 10.8 Å². The Hall–Kier alpha value is -1.75. The van der Waals surface area contributed by atoms with E-state index in [1.165, 1.54) is 5.56 Å². The molecule has 1 aromatic carbocycles. The molecule has 0 aromatic heterocycles. The molecule has 0 aliphatic carbocycles. The van der Waals surface area contributed by atoms with Crippen molar-refractivity contribution in [3.63, 3.8) is 0 Å². The van der Waals surface area contributed by atoms with E-state index in [9.17, 15) is 9.70 Å². The van der Waals surface area contributed by atoms with Crippen LogP contribution in [0.1, 0.15) is 30.4 Å². The van der Waals surface area contributed by atoms with Crippen LogP contribution in [-0.4, -0.2) is 30.6 Å². The molecule has 1 fully saturated rings. The number of fused-ring (bicyclic) bond motifs is 1. The van der Waals surface area contributed by atoms with Crippen LogP contribution in [0.3, 0.4) is 0 Å². The van der Waals surface area contributed by atoms with E-state index < -0.39 is 0 Å². The van der Waals surface area contributed by atoms with E-state index in [-0.39, 0.29) is 5.91 Å². The van der Waals surface area contributed by atoms with Crippen LogP contribution >= 0.6 is 0 Å². The Morgan fingerprint density at radius 3 is 2.86 bits per heavy atom. The van der Waals surface area contributed by atoms with Crippen molar-refractivity contribution in [3.8, 4) is 0 Å². The summed E-state index contributed by atoms with van der Waals surface area (Å²) in [5.41, 5.74) is 2.71. The van der Waals surface area contributed by atoms with Gasteiger partial charge in [-0.05, 0) is 53.6 Å². The van der Waals surface area contributed by atoms with Crippen LogP contribution < -0.4 is 0 Å². The van der Waals surface area contributed by atoms with Gasteiger partial charge in [-0.3, -0.25) is 4.79 Å². The molecule has 2 aliphatic heterocycles. The van der Waals surface area contributed by atoms with Crippen LogP contribution in [0.15, 0.2) is 23.4 Å². The normalized spacial score (nSPS) is 19.1. The minimum Gasteiger partial charge on any atom is -0.381 e. The van der Waals surface area contributed by atoms with Gasteiger partial charge < -0.3 is 9.64 Å². The molecule has 1 saturated heterocycles. The lowest BCUT2D eigenvalue weighted by Gasteiger charge is -2.31. The number of hydrogen-bond acceptors (Lipinski definition) is 4. The molecule has 21 heavy (non-hydrogen) atoms. The standard InChI is InChI=1S/C16H20N2O3/c19-16(9-12-4-7-21-8-5-12)18-6-3-13-1-2-15(17-20)10-14(13)11-18/h1-2,10,12H,3-9,11H2. The number of nitroso groups, excluding NO2 is 1. The van der Waals surface area contributed by atoms with Gasteiger partial charge in [-0.25, -0.2) is 0 Å². The van der Waals surface area contributed by atoms with Crippen molar-refractivity contribution in [3.05, 3.63) is 34.2 Å². The third-order valence-corrected chi connectivity index (χ3v) is 4.46. The zero-order valence-corrected chi connectivity index (χ0v) is 12.1. The van der Waals surface area contributed by atoms with E-state index in [1.54, 1.807) is 12.1 Å². The van der Waals surface area contributed by atoms with Gasteiger partial charge in [0.1, 0.15) is 5.69 Å². The number of hydrogen-bond donors (Lipinski definition) is 0. The lowest BCUT2D eigenvalue weighted by molar-refractivity contribution is -0.133. The Balaban J connectivity index is 1.64. The van der Waals surface area contributed by atoms with E-state index in [2.05, 4.69) is 5.18 Å². The molecule has 1 aromatic rings. The minimum atomic E-state index is 0.219. The highest BCUT2D eigenvalue weighted by molar-refractivity contribution is 5.77. The van der Waals surface area contributed by atoms with Crippen LogP contribution in [0.5, 0.6) is 0 Å². The lowest BCUT2D eigenvalue weighted by Crippen LogP contribution is -2.37. The maximum atomic E-state index is 12.4. The highest BCUT2D eigenvalue weighted by Gasteiger charge is 2.24. The Kier molecular flexibility index (Phi) is 4.29. The summed E-state index contributed by atoms with van der Waals surface area (Å²) >= 11 is 0. The first-order chi connectivity index (χ1) is 10.3. The monoisotopic (exact) mass is 288 g/mol. The van der Waals surface area contributed by atoms with Crippen molar-refractivity contribution < 1.29 is 9.53 Å². The van der Waals surface area contributed by atoms with Crippen molar-refractivity contribution in [1.29, 1.82) is 0 Å². The lowest BCUT2D eigenvalue weighted by atomic mass is 9.94. The largest absolute Gasteiger partial charge is 0.381 e. The molecular weight excluding hydrogens is 268 g/mol. The van der Waals surface area contributed by atoms with Crippen LogP contribution in [0.2, 0.25) is 0 Å². The summed E-state index contributed by atoms with van der Waals surface area (Å²) in [6.45, 7) is 2.91. The molecule has 5 heteroatoms. The maximum Gasteiger partial charge on any atom is 0.223 e. The SMILES string of the molecule is O=Nc1ccc2c(c1)CN(C(=O)CC1CCOCC1)CC2. The fourth-order valence-corrected chi connectivity index (χ4v) is 3.14. The summed E-state index contributed by atoms with van der Waals surface area (Å²) in [6.07, 6.45) is 3.43. The highest BCUT2D eigenvalue weighted by atomic mass is 16.5. The minimum absolute atomic E-state index is 0.219. The zero-order chi connectivity index (χ0) is 14.7. The molecule has 0 saturated carbocycles. The van der Waals surface area contributed by atoms with Gasteiger partial charge >= 0.3 is 0 Å². The van der Waals surface area contributed by atoms with E-state index in [1.807, 2.05) is 11.0 Å². The Morgan fingerprint density at radius 2 is 2.10 bits per heavy atom. The average Bonchev–Trinajstić information content (AvgIpc) is 2.54. The molecule has 0 bridgehead atoms. The van der Waals surface area contributed by atoms with E-state index in [0.717, 1.165) is 44.6 Å². The van der Waals surface area contributed by atoms with Crippen molar-refractivity contribution in [2.45, 2.75) is 32.2 Å². The molecule has 0 N–H and O–H groups in total. The van der Waals surface area contributed by atoms with Crippen molar-refractivity contribution >= 4 is 11.6 Å². The molecule has 2 heterocycles. The number of carbonyl (C=O) groups excluding carboxylic acids is 1. The molecule has 0 spiro atoms.